The summed E-state index contributed by atoms with van der Waals surface area (Å²) < 4.78 is 5.27. The van der Waals surface area contributed by atoms with Gasteiger partial charge in [0.2, 0.25) is 5.75 Å². The first-order valence-corrected chi connectivity index (χ1v) is 5.49. The molecule has 0 heterocycles. The monoisotopic (exact) mass is 273 g/mol. The second-order valence-corrected chi connectivity index (χ2v) is 3.78. The fourth-order valence-corrected chi connectivity index (χ4v) is 1.53. The molecule has 1 atom stereocenters. The molecule has 3 N–H and O–H groups in total. The van der Waals surface area contributed by atoms with Gasteiger partial charge < -0.3 is 4.74 Å². The molecule has 1 rings (SSSR count). The molecule has 0 aromatic heterocycles. The Labute approximate surface area is 108 Å². The number of benzene rings is 1. The molecule has 1 aromatic carbocycles. The van der Waals surface area contributed by atoms with Crippen LogP contribution >= 0.6 is 11.6 Å². The van der Waals surface area contributed by atoms with Gasteiger partial charge in [0.05, 0.1) is 9.95 Å². The minimum absolute atomic E-state index is 0.0625. The predicted molar refractivity (Wildman–Crippen MR) is 65.1 cm³/mol. The highest BCUT2D eigenvalue weighted by Gasteiger charge is 2.24. The van der Waals surface area contributed by atoms with E-state index in [-0.39, 0.29) is 16.5 Å². The van der Waals surface area contributed by atoms with Crippen molar-refractivity contribution in [2.24, 2.45) is 5.84 Å². The number of para-hydroxylation sites is 1. The van der Waals surface area contributed by atoms with E-state index in [4.69, 9.17) is 22.2 Å². The van der Waals surface area contributed by atoms with Crippen LogP contribution < -0.4 is 16.0 Å². The van der Waals surface area contributed by atoms with E-state index >= 15 is 0 Å². The van der Waals surface area contributed by atoms with Gasteiger partial charge in [0.15, 0.2) is 6.10 Å². The number of halogens is 1. The third kappa shape index (κ3) is 3.08. The summed E-state index contributed by atoms with van der Waals surface area (Å²) in [6, 6.07) is 4.11. The Morgan fingerprint density at radius 2 is 2.33 bits per heavy atom. The molecule has 0 aliphatic heterocycles. The Morgan fingerprint density at radius 1 is 1.67 bits per heavy atom. The number of hydrazine groups is 1. The molecule has 1 amide bonds. The summed E-state index contributed by atoms with van der Waals surface area (Å²) in [5.41, 5.74) is 1.63. The summed E-state index contributed by atoms with van der Waals surface area (Å²) in [5, 5.41) is 10.9. The number of amides is 1. The van der Waals surface area contributed by atoms with E-state index in [1.165, 1.54) is 18.2 Å². The van der Waals surface area contributed by atoms with E-state index in [0.717, 1.165) is 0 Å². The number of carbonyl (C=O) groups excluding carboxylic acids is 1. The fourth-order valence-electron chi connectivity index (χ4n) is 1.32. The number of hydrogen-bond acceptors (Lipinski definition) is 5. The zero-order chi connectivity index (χ0) is 13.7. The molecule has 0 radical (unpaired) electrons. The number of carbonyl (C=O) groups is 1. The summed E-state index contributed by atoms with van der Waals surface area (Å²) in [6.07, 6.45) is -0.639. The summed E-state index contributed by atoms with van der Waals surface area (Å²) in [4.78, 5) is 21.6. The Balaban J connectivity index is 3.09. The van der Waals surface area contributed by atoms with Crippen LogP contribution in [0.4, 0.5) is 5.69 Å². The lowest BCUT2D eigenvalue weighted by atomic mass is 10.2. The molecule has 1 unspecified atom stereocenters. The van der Waals surface area contributed by atoms with Gasteiger partial charge in [-0.1, -0.05) is 24.6 Å². The Hall–Kier alpha value is -1.86. The molecule has 1 aromatic rings. The van der Waals surface area contributed by atoms with Crippen LogP contribution in [0.3, 0.4) is 0 Å². The number of nitrogens with zero attached hydrogens (tertiary/aromatic N) is 1. The van der Waals surface area contributed by atoms with Gasteiger partial charge >= 0.3 is 5.69 Å². The van der Waals surface area contributed by atoms with Crippen molar-refractivity contribution in [1.29, 1.82) is 0 Å². The third-order valence-electron chi connectivity index (χ3n) is 2.21. The number of ether oxygens (including phenoxy) is 1. The number of nitrogens with two attached hydrogens (primary N) is 1. The lowest BCUT2D eigenvalue weighted by molar-refractivity contribution is -0.386. The number of nitro groups is 1. The summed E-state index contributed by atoms with van der Waals surface area (Å²) in [7, 11) is 0. The molecule has 0 aliphatic rings. The smallest absolute Gasteiger partial charge is 0.312 e. The van der Waals surface area contributed by atoms with Crippen LogP contribution in [-0.4, -0.2) is 16.9 Å². The van der Waals surface area contributed by atoms with Crippen LogP contribution in [0.15, 0.2) is 18.2 Å². The third-order valence-corrected chi connectivity index (χ3v) is 2.51. The Bertz CT molecular complexity index is 466. The van der Waals surface area contributed by atoms with E-state index in [1.807, 2.05) is 5.43 Å². The molecule has 8 heteroatoms. The molecule has 98 valence electrons. The SMILES string of the molecule is CCC(Oc1c(Cl)cccc1[N+](=O)[O-])C(=O)NN. The van der Waals surface area contributed by atoms with Crippen LogP contribution in [0.25, 0.3) is 0 Å². The lowest BCUT2D eigenvalue weighted by Gasteiger charge is -2.16. The Kier molecular flexibility index (Phi) is 4.87. The van der Waals surface area contributed by atoms with E-state index in [2.05, 4.69) is 0 Å². The Morgan fingerprint density at radius 3 is 2.83 bits per heavy atom. The number of nitro benzene ring substituents is 1. The van der Waals surface area contributed by atoms with Crippen molar-refractivity contribution >= 4 is 23.2 Å². The van der Waals surface area contributed by atoms with Crippen molar-refractivity contribution in [3.63, 3.8) is 0 Å². The largest absolute Gasteiger partial charge is 0.472 e. The average molecular weight is 274 g/mol. The highest BCUT2D eigenvalue weighted by atomic mass is 35.5. The fraction of sp³-hybridized carbons (Fsp3) is 0.300. The van der Waals surface area contributed by atoms with Crippen molar-refractivity contribution in [2.75, 3.05) is 0 Å². The van der Waals surface area contributed by atoms with Crippen molar-refractivity contribution < 1.29 is 14.5 Å². The second-order valence-electron chi connectivity index (χ2n) is 3.37. The highest BCUT2D eigenvalue weighted by molar-refractivity contribution is 6.32. The topological polar surface area (TPSA) is 107 Å². The zero-order valence-corrected chi connectivity index (χ0v) is 10.3. The predicted octanol–water partition coefficient (Wildman–Crippen LogP) is 1.40. The molecule has 0 aliphatic carbocycles. The van der Waals surface area contributed by atoms with E-state index in [1.54, 1.807) is 6.92 Å². The van der Waals surface area contributed by atoms with Gasteiger partial charge in [-0.25, -0.2) is 5.84 Å². The first-order valence-electron chi connectivity index (χ1n) is 5.11. The summed E-state index contributed by atoms with van der Waals surface area (Å²) >= 11 is 5.83. The van der Waals surface area contributed by atoms with Gasteiger partial charge in [-0.3, -0.25) is 20.3 Å². The van der Waals surface area contributed by atoms with Crippen LogP contribution in [0.5, 0.6) is 5.75 Å². The van der Waals surface area contributed by atoms with Gasteiger partial charge in [-0.2, -0.15) is 0 Å². The van der Waals surface area contributed by atoms with Crippen molar-refractivity contribution in [2.45, 2.75) is 19.4 Å². The normalized spacial score (nSPS) is 11.7. The van der Waals surface area contributed by atoms with E-state index in [0.29, 0.717) is 6.42 Å². The standard InChI is InChI=1S/C10H12ClN3O4/c1-2-8(10(15)13-12)18-9-6(11)4-3-5-7(9)14(16)17/h3-5,8H,2,12H2,1H3,(H,13,15). The summed E-state index contributed by atoms with van der Waals surface area (Å²) in [6.45, 7) is 1.68. The minimum atomic E-state index is -0.936. The van der Waals surface area contributed by atoms with Gasteiger partial charge in [0.1, 0.15) is 0 Å². The average Bonchev–Trinajstić information content (AvgIpc) is 2.36. The molecular weight excluding hydrogens is 262 g/mol. The second kappa shape index (κ2) is 6.18. The zero-order valence-electron chi connectivity index (χ0n) is 9.55. The van der Waals surface area contributed by atoms with Gasteiger partial charge in [0, 0.05) is 6.07 Å². The molecule has 7 nitrogen and oxygen atoms in total. The molecule has 0 saturated carbocycles. The van der Waals surface area contributed by atoms with Crippen LogP contribution in [0.1, 0.15) is 13.3 Å². The van der Waals surface area contributed by atoms with Crippen molar-refractivity contribution in [3.05, 3.63) is 33.3 Å². The molecule has 0 saturated heterocycles. The van der Waals surface area contributed by atoms with Gasteiger partial charge in [0.25, 0.3) is 5.91 Å². The lowest BCUT2D eigenvalue weighted by Crippen LogP contribution is -2.41. The number of nitrogens with one attached hydrogen (secondary N) is 1. The maximum atomic E-state index is 11.4. The highest BCUT2D eigenvalue weighted by Crippen LogP contribution is 2.35. The molecule has 0 bridgehead atoms. The molecule has 18 heavy (non-hydrogen) atoms. The van der Waals surface area contributed by atoms with Crippen molar-refractivity contribution in [1.82, 2.24) is 5.43 Å². The number of rotatable bonds is 5. The first kappa shape index (κ1) is 14.2. The van der Waals surface area contributed by atoms with Crippen LogP contribution in [0.2, 0.25) is 5.02 Å². The molecule has 0 fully saturated rings. The quantitative estimate of drug-likeness (QED) is 0.365. The minimum Gasteiger partial charge on any atom is -0.472 e. The maximum Gasteiger partial charge on any atom is 0.312 e. The van der Waals surface area contributed by atoms with Crippen LogP contribution in [-0.2, 0) is 4.79 Å². The van der Waals surface area contributed by atoms with E-state index in [9.17, 15) is 14.9 Å². The van der Waals surface area contributed by atoms with Crippen LogP contribution in [0, 0.1) is 10.1 Å². The van der Waals surface area contributed by atoms with Gasteiger partial charge in [-0.15, -0.1) is 0 Å². The maximum absolute atomic E-state index is 11.4. The summed E-state index contributed by atoms with van der Waals surface area (Å²) in [5.74, 6) is 4.28. The molecule has 0 spiro atoms. The van der Waals surface area contributed by atoms with E-state index < -0.39 is 16.9 Å². The first-order chi connectivity index (χ1) is 8.51. The van der Waals surface area contributed by atoms with Gasteiger partial charge in [-0.05, 0) is 12.5 Å². The number of hydrogen-bond donors (Lipinski definition) is 2. The van der Waals surface area contributed by atoms with Crippen molar-refractivity contribution in [3.8, 4) is 5.75 Å². The molecular formula is C10H12ClN3O4.